The number of methoxy groups -OCH3 is 1. The van der Waals surface area contributed by atoms with Gasteiger partial charge in [-0.2, -0.15) is 0 Å². The lowest BCUT2D eigenvalue weighted by molar-refractivity contribution is 0.199. The molecule has 0 saturated heterocycles. The fourth-order valence-electron chi connectivity index (χ4n) is 1.04. The Kier molecular flexibility index (Phi) is 2.55. The molecule has 3 N–H and O–H groups in total. The zero-order valence-corrected chi connectivity index (χ0v) is 7.24. The highest BCUT2D eigenvalue weighted by Gasteiger charge is 2.06. The summed E-state index contributed by atoms with van der Waals surface area (Å²) in [6, 6.07) is 5.22. The Labute approximate surface area is 71.8 Å². The molecule has 1 aromatic carbocycles. The Morgan fingerprint density at radius 2 is 2.17 bits per heavy atom. The van der Waals surface area contributed by atoms with Crippen LogP contribution in [0.4, 0.5) is 5.69 Å². The summed E-state index contributed by atoms with van der Waals surface area (Å²) in [5.41, 5.74) is 6.92. The summed E-state index contributed by atoms with van der Waals surface area (Å²) < 4.78 is 4.99. The van der Waals surface area contributed by atoms with Crippen molar-refractivity contribution in [3.8, 4) is 5.75 Å². The maximum atomic E-state index is 9.29. The van der Waals surface area contributed by atoms with E-state index >= 15 is 0 Å². The van der Waals surface area contributed by atoms with Gasteiger partial charge in [-0.1, -0.05) is 0 Å². The second-order valence-corrected chi connectivity index (χ2v) is 2.67. The molecule has 0 amide bonds. The number of aliphatic hydroxyl groups excluding tert-OH is 1. The number of aliphatic hydroxyl groups is 1. The lowest BCUT2D eigenvalue weighted by Crippen LogP contribution is -1.98. The average Bonchev–Trinajstić information content (AvgIpc) is 2.05. The lowest BCUT2D eigenvalue weighted by Gasteiger charge is -2.09. The summed E-state index contributed by atoms with van der Waals surface area (Å²) in [7, 11) is 1.58. The van der Waals surface area contributed by atoms with Crippen molar-refractivity contribution in [1.29, 1.82) is 0 Å². The number of anilines is 1. The largest absolute Gasteiger partial charge is 0.497 e. The summed E-state index contributed by atoms with van der Waals surface area (Å²) in [4.78, 5) is 0. The minimum absolute atomic E-state index is 0.555. The first-order valence-electron chi connectivity index (χ1n) is 3.76. The highest BCUT2D eigenvalue weighted by atomic mass is 16.5. The molecule has 0 bridgehead atoms. The number of hydrogen-bond donors (Lipinski definition) is 2. The van der Waals surface area contributed by atoms with Crippen molar-refractivity contribution >= 4 is 5.69 Å². The zero-order chi connectivity index (χ0) is 9.14. The normalized spacial score (nSPS) is 12.6. The Balaban J connectivity index is 3.08. The third kappa shape index (κ3) is 1.68. The van der Waals surface area contributed by atoms with E-state index in [1.165, 1.54) is 0 Å². The molecule has 1 rings (SSSR count). The first-order valence-corrected chi connectivity index (χ1v) is 3.76. The van der Waals surface area contributed by atoms with Gasteiger partial charge in [-0.3, -0.25) is 0 Å². The van der Waals surface area contributed by atoms with Crippen LogP contribution in [0, 0.1) is 0 Å². The fourth-order valence-corrected chi connectivity index (χ4v) is 1.04. The van der Waals surface area contributed by atoms with E-state index in [0.717, 1.165) is 0 Å². The van der Waals surface area contributed by atoms with Crippen LogP contribution in [-0.2, 0) is 0 Å². The van der Waals surface area contributed by atoms with Gasteiger partial charge in [0.2, 0.25) is 0 Å². The van der Waals surface area contributed by atoms with Gasteiger partial charge in [0, 0.05) is 11.3 Å². The van der Waals surface area contributed by atoms with E-state index in [4.69, 9.17) is 10.5 Å². The maximum Gasteiger partial charge on any atom is 0.119 e. The van der Waals surface area contributed by atoms with Crippen molar-refractivity contribution in [3.63, 3.8) is 0 Å². The SMILES string of the molecule is COc1ccc(N)c(C(C)O)c1. The maximum absolute atomic E-state index is 9.29. The van der Waals surface area contributed by atoms with E-state index in [0.29, 0.717) is 17.0 Å². The van der Waals surface area contributed by atoms with Crippen LogP contribution in [0.2, 0.25) is 0 Å². The van der Waals surface area contributed by atoms with Gasteiger partial charge in [-0.25, -0.2) is 0 Å². The van der Waals surface area contributed by atoms with Crippen molar-refractivity contribution < 1.29 is 9.84 Å². The molecule has 12 heavy (non-hydrogen) atoms. The third-order valence-corrected chi connectivity index (χ3v) is 1.74. The molecule has 0 aliphatic carbocycles. The minimum atomic E-state index is -0.555. The first-order chi connectivity index (χ1) is 5.65. The quantitative estimate of drug-likeness (QED) is 0.653. The summed E-state index contributed by atoms with van der Waals surface area (Å²) in [6.07, 6.45) is -0.555. The Morgan fingerprint density at radius 3 is 2.67 bits per heavy atom. The number of rotatable bonds is 2. The van der Waals surface area contributed by atoms with Crippen molar-refractivity contribution in [3.05, 3.63) is 23.8 Å². The second kappa shape index (κ2) is 3.45. The predicted octanol–water partition coefficient (Wildman–Crippen LogP) is 1.33. The van der Waals surface area contributed by atoms with Crippen LogP contribution in [0.15, 0.2) is 18.2 Å². The topological polar surface area (TPSA) is 55.5 Å². The third-order valence-electron chi connectivity index (χ3n) is 1.74. The van der Waals surface area contributed by atoms with Crippen LogP contribution in [-0.4, -0.2) is 12.2 Å². The van der Waals surface area contributed by atoms with E-state index in [-0.39, 0.29) is 0 Å². The van der Waals surface area contributed by atoms with Gasteiger partial charge in [0.25, 0.3) is 0 Å². The van der Waals surface area contributed by atoms with Crippen LogP contribution in [0.1, 0.15) is 18.6 Å². The van der Waals surface area contributed by atoms with Gasteiger partial charge in [0.1, 0.15) is 5.75 Å². The average molecular weight is 167 g/mol. The lowest BCUT2D eigenvalue weighted by atomic mass is 10.1. The molecule has 1 aromatic rings. The van der Waals surface area contributed by atoms with Crippen molar-refractivity contribution in [2.75, 3.05) is 12.8 Å². The molecular weight excluding hydrogens is 154 g/mol. The van der Waals surface area contributed by atoms with Crippen LogP contribution in [0.3, 0.4) is 0 Å². The van der Waals surface area contributed by atoms with Crippen LogP contribution in [0.5, 0.6) is 5.75 Å². The number of nitrogens with two attached hydrogens (primary N) is 1. The van der Waals surface area contributed by atoms with Crippen molar-refractivity contribution in [2.45, 2.75) is 13.0 Å². The van der Waals surface area contributed by atoms with E-state index in [1.807, 2.05) is 0 Å². The summed E-state index contributed by atoms with van der Waals surface area (Å²) in [6.45, 7) is 1.67. The second-order valence-electron chi connectivity index (χ2n) is 2.67. The number of nitrogen functional groups attached to an aromatic ring is 1. The summed E-state index contributed by atoms with van der Waals surface area (Å²) in [5.74, 6) is 0.708. The monoisotopic (exact) mass is 167 g/mol. The molecule has 1 atom stereocenters. The molecule has 0 radical (unpaired) electrons. The molecule has 0 heterocycles. The minimum Gasteiger partial charge on any atom is -0.497 e. The predicted molar refractivity (Wildman–Crippen MR) is 48.0 cm³/mol. The molecule has 3 heteroatoms. The molecular formula is C9H13NO2. The van der Waals surface area contributed by atoms with Crippen LogP contribution >= 0.6 is 0 Å². The molecule has 0 aliphatic rings. The Hall–Kier alpha value is -1.22. The Bertz CT molecular complexity index is 271. The molecule has 0 aromatic heterocycles. The van der Waals surface area contributed by atoms with Crippen LogP contribution < -0.4 is 10.5 Å². The van der Waals surface area contributed by atoms with Gasteiger partial charge in [0.05, 0.1) is 13.2 Å². The molecule has 3 nitrogen and oxygen atoms in total. The van der Waals surface area contributed by atoms with Gasteiger partial charge in [-0.15, -0.1) is 0 Å². The van der Waals surface area contributed by atoms with Crippen molar-refractivity contribution in [1.82, 2.24) is 0 Å². The van der Waals surface area contributed by atoms with E-state index in [9.17, 15) is 5.11 Å². The first kappa shape index (κ1) is 8.87. The van der Waals surface area contributed by atoms with Gasteiger partial charge >= 0.3 is 0 Å². The van der Waals surface area contributed by atoms with Gasteiger partial charge < -0.3 is 15.6 Å². The van der Waals surface area contributed by atoms with E-state index in [1.54, 1.807) is 32.2 Å². The van der Waals surface area contributed by atoms with E-state index < -0.39 is 6.10 Å². The summed E-state index contributed by atoms with van der Waals surface area (Å²) in [5, 5.41) is 9.29. The fraction of sp³-hybridized carbons (Fsp3) is 0.333. The summed E-state index contributed by atoms with van der Waals surface area (Å²) >= 11 is 0. The standard InChI is InChI=1S/C9H13NO2/c1-6(11)8-5-7(12-2)3-4-9(8)10/h3-6,11H,10H2,1-2H3. The molecule has 0 aliphatic heterocycles. The molecule has 0 saturated carbocycles. The van der Waals surface area contributed by atoms with E-state index in [2.05, 4.69) is 0 Å². The highest BCUT2D eigenvalue weighted by molar-refractivity contribution is 5.51. The zero-order valence-electron chi connectivity index (χ0n) is 7.24. The number of benzene rings is 1. The number of hydrogen-bond acceptors (Lipinski definition) is 3. The van der Waals surface area contributed by atoms with Crippen molar-refractivity contribution in [2.24, 2.45) is 0 Å². The van der Waals surface area contributed by atoms with Gasteiger partial charge in [-0.05, 0) is 25.1 Å². The molecule has 0 spiro atoms. The molecule has 66 valence electrons. The van der Waals surface area contributed by atoms with Crippen LogP contribution in [0.25, 0.3) is 0 Å². The Morgan fingerprint density at radius 1 is 1.50 bits per heavy atom. The number of ether oxygens (including phenoxy) is 1. The highest BCUT2D eigenvalue weighted by Crippen LogP contribution is 2.24. The van der Waals surface area contributed by atoms with Gasteiger partial charge in [0.15, 0.2) is 0 Å². The molecule has 1 unspecified atom stereocenters. The smallest absolute Gasteiger partial charge is 0.119 e. The molecule has 0 fully saturated rings.